The largest absolute Gasteiger partial charge is 0.385 e. The SMILES string of the molecule is COCCCN1C=Nc2ccccc2C1. The molecule has 0 unspecified atom stereocenters. The monoisotopic (exact) mass is 204 g/mol. The van der Waals surface area contributed by atoms with Gasteiger partial charge < -0.3 is 9.64 Å². The molecule has 0 atom stereocenters. The van der Waals surface area contributed by atoms with Crippen LogP contribution in [0.25, 0.3) is 0 Å². The number of ether oxygens (including phenoxy) is 1. The number of aliphatic imine (C=N–C) groups is 1. The Labute approximate surface area is 90.4 Å². The molecule has 1 aromatic rings. The first-order valence-corrected chi connectivity index (χ1v) is 5.25. The summed E-state index contributed by atoms with van der Waals surface area (Å²) in [6, 6.07) is 8.28. The molecular formula is C12H16N2O. The quantitative estimate of drug-likeness (QED) is 0.702. The molecule has 1 aliphatic rings. The molecule has 1 aliphatic heterocycles. The van der Waals surface area contributed by atoms with Gasteiger partial charge in [-0.05, 0) is 18.1 Å². The number of hydrogen-bond donors (Lipinski definition) is 0. The van der Waals surface area contributed by atoms with Gasteiger partial charge in [0.25, 0.3) is 0 Å². The number of nitrogens with zero attached hydrogens (tertiary/aromatic N) is 2. The average molecular weight is 204 g/mol. The maximum atomic E-state index is 5.03. The van der Waals surface area contributed by atoms with E-state index >= 15 is 0 Å². The fraction of sp³-hybridized carbons (Fsp3) is 0.417. The minimum absolute atomic E-state index is 0.811. The second kappa shape index (κ2) is 4.94. The highest BCUT2D eigenvalue weighted by Crippen LogP contribution is 2.23. The summed E-state index contributed by atoms with van der Waals surface area (Å²) < 4.78 is 5.03. The normalized spacial score (nSPS) is 14.1. The molecule has 3 heteroatoms. The van der Waals surface area contributed by atoms with Gasteiger partial charge in [0.05, 0.1) is 12.0 Å². The maximum Gasteiger partial charge on any atom is 0.0915 e. The summed E-state index contributed by atoms with van der Waals surface area (Å²) in [5.41, 5.74) is 2.40. The van der Waals surface area contributed by atoms with Gasteiger partial charge in [-0.2, -0.15) is 0 Å². The summed E-state index contributed by atoms with van der Waals surface area (Å²) in [5, 5.41) is 0. The molecule has 1 heterocycles. The van der Waals surface area contributed by atoms with E-state index in [0.29, 0.717) is 0 Å². The van der Waals surface area contributed by atoms with Crippen molar-refractivity contribution < 1.29 is 4.74 Å². The summed E-state index contributed by atoms with van der Waals surface area (Å²) in [6.45, 7) is 2.78. The van der Waals surface area contributed by atoms with Crippen molar-refractivity contribution >= 4 is 12.0 Å². The van der Waals surface area contributed by atoms with Crippen LogP contribution >= 0.6 is 0 Å². The Morgan fingerprint density at radius 3 is 3.13 bits per heavy atom. The van der Waals surface area contributed by atoms with Crippen molar-refractivity contribution in [2.75, 3.05) is 20.3 Å². The predicted molar refractivity (Wildman–Crippen MR) is 61.5 cm³/mol. The van der Waals surface area contributed by atoms with E-state index in [-0.39, 0.29) is 0 Å². The van der Waals surface area contributed by atoms with Gasteiger partial charge in [0, 0.05) is 26.8 Å². The van der Waals surface area contributed by atoms with Crippen molar-refractivity contribution in [3.63, 3.8) is 0 Å². The molecular weight excluding hydrogens is 188 g/mol. The lowest BCUT2D eigenvalue weighted by atomic mass is 10.1. The molecule has 80 valence electrons. The van der Waals surface area contributed by atoms with Crippen molar-refractivity contribution in [2.24, 2.45) is 4.99 Å². The fourth-order valence-corrected chi connectivity index (χ4v) is 1.72. The molecule has 0 saturated heterocycles. The van der Waals surface area contributed by atoms with Gasteiger partial charge in [-0.3, -0.25) is 0 Å². The Morgan fingerprint density at radius 2 is 2.27 bits per heavy atom. The van der Waals surface area contributed by atoms with E-state index in [1.807, 2.05) is 12.4 Å². The average Bonchev–Trinajstić information content (AvgIpc) is 2.29. The number of rotatable bonds is 4. The number of hydrogen-bond acceptors (Lipinski definition) is 3. The van der Waals surface area contributed by atoms with Crippen LogP contribution in [0.15, 0.2) is 29.3 Å². The maximum absolute atomic E-state index is 5.03. The van der Waals surface area contributed by atoms with E-state index in [4.69, 9.17) is 4.74 Å². The molecule has 0 saturated carbocycles. The Kier molecular flexibility index (Phi) is 3.35. The third kappa shape index (κ3) is 2.57. The summed E-state index contributed by atoms with van der Waals surface area (Å²) in [7, 11) is 1.74. The molecule has 0 N–H and O–H groups in total. The van der Waals surface area contributed by atoms with Gasteiger partial charge in [0.15, 0.2) is 0 Å². The van der Waals surface area contributed by atoms with Crippen LogP contribution in [-0.2, 0) is 11.3 Å². The van der Waals surface area contributed by atoms with Crippen molar-refractivity contribution in [1.82, 2.24) is 4.90 Å². The Bertz CT molecular complexity index is 349. The zero-order valence-corrected chi connectivity index (χ0v) is 9.02. The molecule has 2 rings (SSSR count). The van der Waals surface area contributed by atoms with Gasteiger partial charge in [-0.15, -0.1) is 0 Å². The van der Waals surface area contributed by atoms with Gasteiger partial charge >= 0.3 is 0 Å². The minimum Gasteiger partial charge on any atom is -0.385 e. The van der Waals surface area contributed by atoms with E-state index in [1.165, 1.54) is 5.56 Å². The Hall–Kier alpha value is -1.35. The molecule has 0 bridgehead atoms. The molecule has 1 aromatic carbocycles. The van der Waals surface area contributed by atoms with Gasteiger partial charge in [-0.1, -0.05) is 18.2 Å². The molecule has 0 aromatic heterocycles. The lowest BCUT2D eigenvalue weighted by Crippen LogP contribution is -2.25. The number of fused-ring (bicyclic) bond motifs is 1. The highest BCUT2D eigenvalue weighted by atomic mass is 16.5. The van der Waals surface area contributed by atoms with E-state index < -0.39 is 0 Å². The third-order valence-electron chi connectivity index (χ3n) is 2.52. The number of para-hydroxylation sites is 1. The van der Waals surface area contributed by atoms with E-state index in [1.54, 1.807) is 7.11 Å². The van der Waals surface area contributed by atoms with Gasteiger partial charge in [-0.25, -0.2) is 4.99 Å². The first kappa shape index (κ1) is 10.2. The number of benzene rings is 1. The zero-order valence-electron chi connectivity index (χ0n) is 9.02. The highest BCUT2D eigenvalue weighted by molar-refractivity contribution is 5.66. The molecule has 15 heavy (non-hydrogen) atoms. The van der Waals surface area contributed by atoms with Gasteiger partial charge in [0.2, 0.25) is 0 Å². The van der Waals surface area contributed by atoms with Gasteiger partial charge in [0.1, 0.15) is 0 Å². The van der Waals surface area contributed by atoms with Crippen molar-refractivity contribution in [3.8, 4) is 0 Å². The van der Waals surface area contributed by atoms with Crippen molar-refractivity contribution in [1.29, 1.82) is 0 Å². The van der Waals surface area contributed by atoms with Crippen LogP contribution < -0.4 is 0 Å². The summed E-state index contributed by atoms with van der Waals surface area (Å²) in [6.07, 6.45) is 2.97. The van der Waals surface area contributed by atoms with Crippen LogP contribution in [0.4, 0.5) is 5.69 Å². The standard InChI is InChI=1S/C12H16N2O/c1-15-8-4-7-14-9-11-5-2-3-6-12(11)13-10-14/h2-3,5-6,10H,4,7-9H2,1H3. The summed E-state index contributed by atoms with van der Waals surface area (Å²) >= 11 is 0. The molecule has 0 amide bonds. The topological polar surface area (TPSA) is 24.8 Å². The van der Waals surface area contributed by atoms with E-state index in [0.717, 1.165) is 31.8 Å². The van der Waals surface area contributed by atoms with Crippen molar-refractivity contribution in [2.45, 2.75) is 13.0 Å². The first-order valence-electron chi connectivity index (χ1n) is 5.25. The second-order valence-electron chi connectivity index (χ2n) is 3.69. The van der Waals surface area contributed by atoms with Crippen molar-refractivity contribution in [3.05, 3.63) is 29.8 Å². The zero-order chi connectivity index (χ0) is 10.5. The second-order valence-corrected chi connectivity index (χ2v) is 3.69. The molecule has 0 aliphatic carbocycles. The smallest absolute Gasteiger partial charge is 0.0915 e. The fourth-order valence-electron chi connectivity index (χ4n) is 1.72. The van der Waals surface area contributed by atoms with Crippen LogP contribution in [0.5, 0.6) is 0 Å². The van der Waals surface area contributed by atoms with E-state index in [2.05, 4.69) is 28.1 Å². The van der Waals surface area contributed by atoms with Crippen LogP contribution in [-0.4, -0.2) is 31.5 Å². The van der Waals surface area contributed by atoms with Crippen LogP contribution in [0.2, 0.25) is 0 Å². The Morgan fingerprint density at radius 1 is 1.40 bits per heavy atom. The van der Waals surface area contributed by atoms with Crippen LogP contribution in [0.3, 0.4) is 0 Å². The lowest BCUT2D eigenvalue weighted by molar-refractivity contribution is 0.186. The minimum atomic E-state index is 0.811. The number of methoxy groups -OCH3 is 1. The molecule has 3 nitrogen and oxygen atoms in total. The lowest BCUT2D eigenvalue weighted by Gasteiger charge is -2.23. The van der Waals surface area contributed by atoms with E-state index in [9.17, 15) is 0 Å². The predicted octanol–water partition coefficient (Wildman–Crippen LogP) is 2.20. The third-order valence-corrected chi connectivity index (χ3v) is 2.52. The Balaban J connectivity index is 1.94. The summed E-state index contributed by atoms with van der Waals surface area (Å²) in [4.78, 5) is 6.64. The molecule has 0 radical (unpaired) electrons. The van der Waals surface area contributed by atoms with Crippen LogP contribution in [0.1, 0.15) is 12.0 Å². The summed E-state index contributed by atoms with van der Waals surface area (Å²) in [5.74, 6) is 0. The highest BCUT2D eigenvalue weighted by Gasteiger charge is 2.09. The first-order chi connectivity index (χ1) is 7.40. The molecule has 0 spiro atoms. The van der Waals surface area contributed by atoms with Crippen LogP contribution in [0, 0.1) is 0 Å². The molecule has 0 fully saturated rings.